The molecule has 3 heterocycles. The normalized spacial score (nSPS) is 39.2. The molecule has 4 aliphatic rings. The fraction of sp³-hybridized carbons (Fsp3) is 0.920. The highest BCUT2D eigenvalue weighted by molar-refractivity contribution is 7.84. The number of carboxylic acid groups (broad SMARTS) is 2. The van der Waals surface area contributed by atoms with E-state index < -0.39 is 216 Å². The molecule has 0 amide bonds. The summed E-state index contributed by atoms with van der Waals surface area (Å²) in [6, 6.07) is -5.16. The molecule has 46 heteroatoms. The Morgan fingerprint density at radius 3 is 1.42 bits per heavy atom. The molecule has 20 atom stereocenters. The minimum atomic E-state index is -6.02. The number of hydrogen-bond donors (Lipinski definition) is 16. The van der Waals surface area contributed by atoms with Gasteiger partial charge >= 0.3 is 74.1 Å². The molecule has 416 valence electrons. The van der Waals surface area contributed by atoms with Gasteiger partial charge < -0.3 is 69.3 Å². The van der Waals surface area contributed by atoms with Crippen LogP contribution in [0.5, 0.6) is 0 Å². The van der Waals surface area contributed by atoms with Gasteiger partial charge in [-0.15, -0.1) is 0 Å². The number of hydrogen-bond acceptors (Lipinski definition) is 30. The van der Waals surface area contributed by atoms with E-state index in [1.807, 2.05) is 0 Å². The molecule has 1 aliphatic carbocycles. The van der Waals surface area contributed by atoms with Crippen molar-refractivity contribution in [2.24, 2.45) is 5.92 Å². The van der Waals surface area contributed by atoms with Crippen LogP contribution in [0.4, 0.5) is 0 Å². The molecule has 0 aromatic heterocycles. The fourth-order valence-corrected chi connectivity index (χ4v) is 10.2. The van der Waals surface area contributed by atoms with Crippen LogP contribution in [0.15, 0.2) is 0 Å². The first-order valence-electron chi connectivity index (χ1n) is 18.6. The van der Waals surface area contributed by atoms with E-state index in [-0.39, 0.29) is 0 Å². The smallest absolute Gasteiger partial charge is 0.397 e. The van der Waals surface area contributed by atoms with Crippen LogP contribution in [0.1, 0.15) is 6.42 Å². The van der Waals surface area contributed by atoms with Gasteiger partial charge in [0.15, 0.2) is 43.3 Å². The second-order valence-corrected chi connectivity index (χ2v) is 21.7. The number of aliphatic hydroxyl groups is 6. The van der Waals surface area contributed by atoms with E-state index in [9.17, 15) is 119 Å². The monoisotopic (exact) mass is 1170 g/mol. The molecular weight excluding hydrogens is 1130 g/mol. The summed E-state index contributed by atoms with van der Waals surface area (Å²) >= 11 is 0. The molecule has 0 aromatic carbocycles. The Kier molecular flexibility index (Phi) is 19.7. The summed E-state index contributed by atoms with van der Waals surface area (Å²) in [5.74, 6) is -6.29. The molecule has 4 rings (SSSR count). The molecule has 1 saturated carbocycles. The molecule has 0 radical (unpaired) electrons. The summed E-state index contributed by atoms with van der Waals surface area (Å²) in [6.07, 6.45) is -47.8. The van der Waals surface area contributed by atoms with Crippen molar-refractivity contribution in [3.63, 3.8) is 0 Å². The number of aliphatic hydroxyl groups excluding tert-OH is 6. The van der Waals surface area contributed by atoms with Crippen LogP contribution in [-0.4, -0.2) is 260 Å². The van der Waals surface area contributed by atoms with E-state index in [1.54, 1.807) is 0 Å². The number of nitrogens with one attached hydrogen (secondary N) is 2. The predicted octanol–water partition coefficient (Wildman–Crippen LogP) is -10.8. The molecule has 16 N–H and O–H groups in total. The third-order valence-electron chi connectivity index (χ3n) is 10.1. The Bertz CT molecular complexity index is 2580. The van der Waals surface area contributed by atoms with Crippen LogP contribution < -0.4 is 9.44 Å². The van der Waals surface area contributed by atoms with Gasteiger partial charge in [0, 0.05) is 5.92 Å². The van der Waals surface area contributed by atoms with Crippen LogP contribution in [0.3, 0.4) is 0 Å². The zero-order valence-corrected chi connectivity index (χ0v) is 39.1. The van der Waals surface area contributed by atoms with Gasteiger partial charge in [0.1, 0.15) is 48.8 Å². The van der Waals surface area contributed by atoms with Crippen LogP contribution in [-0.2, 0) is 117 Å². The van der Waals surface area contributed by atoms with Gasteiger partial charge in [-0.25, -0.2) is 26.3 Å². The van der Waals surface area contributed by atoms with Gasteiger partial charge in [-0.3, -0.25) is 27.3 Å². The molecule has 3 saturated heterocycles. The number of ether oxygens (including phenoxy) is 6. The average molecular weight is 1170 g/mol. The fourth-order valence-electron chi connectivity index (χ4n) is 7.36. The van der Waals surface area contributed by atoms with Crippen molar-refractivity contribution in [2.75, 3.05) is 13.2 Å². The van der Waals surface area contributed by atoms with E-state index in [4.69, 9.17) is 32.8 Å². The summed E-state index contributed by atoms with van der Waals surface area (Å²) in [4.78, 5) is 24.8. The maximum atomic E-state index is 12.7. The quantitative estimate of drug-likeness (QED) is 0.0448. The van der Waals surface area contributed by atoms with Crippen LogP contribution in [0, 0.1) is 5.92 Å². The van der Waals surface area contributed by atoms with Crippen molar-refractivity contribution >= 4 is 74.1 Å². The van der Waals surface area contributed by atoms with Crippen molar-refractivity contribution in [3.05, 3.63) is 0 Å². The number of carbonyl (C=O) groups is 2. The molecule has 4 fully saturated rings. The number of rotatable bonds is 22. The first-order chi connectivity index (χ1) is 32.1. The van der Waals surface area contributed by atoms with Gasteiger partial charge in [-0.05, 0) is 6.42 Å². The van der Waals surface area contributed by atoms with Crippen molar-refractivity contribution in [3.8, 4) is 0 Å². The van der Waals surface area contributed by atoms with E-state index in [2.05, 4.69) is 21.5 Å². The average Bonchev–Trinajstić information content (AvgIpc) is 3.17. The second-order valence-electron chi connectivity index (χ2n) is 15.0. The second kappa shape index (κ2) is 22.9. The van der Waals surface area contributed by atoms with Gasteiger partial charge in [0.05, 0.1) is 37.6 Å². The molecule has 0 aromatic rings. The van der Waals surface area contributed by atoms with E-state index in [0.29, 0.717) is 0 Å². The highest BCUT2D eigenvalue weighted by Gasteiger charge is 2.59. The Morgan fingerprint density at radius 2 is 0.930 bits per heavy atom. The highest BCUT2D eigenvalue weighted by Crippen LogP contribution is 2.37. The van der Waals surface area contributed by atoms with E-state index in [1.165, 1.54) is 9.44 Å². The Hall–Kier alpha value is -2.32. The highest BCUT2D eigenvalue weighted by atomic mass is 32.3. The van der Waals surface area contributed by atoms with Gasteiger partial charge in [-0.1, -0.05) is 0 Å². The lowest BCUT2D eigenvalue weighted by molar-refractivity contribution is -0.359. The van der Waals surface area contributed by atoms with E-state index >= 15 is 0 Å². The molecule has 0 spiro atoms. The first-order valence-corrected chi connectivity index (χ1v) is 26.9. The van der Waals surface area contributed by atoms with Crippen molar-refractivity contribution in [1.29, 1.82) is 0 Å². The third-order valence-corrected chi connectivity index (χ3v) is 13.1. The number of aliphatic carboxylic acids is 2. The molecule has 0 bridgehead atoms. The lowest BCUT2D eigenvalue weighted by Crippen LogP contribution is -2.70. The summed E-state index contributed by atoms with van der Waals surface area (Å²) in [5, 5.41) is 85.4. The van der Waals surface area contributed by atoms with Gasteiger partial charge in [0.2, 0.25) is 0 Å². The molecule has 3 aliphatic heterocycles. The summed E-state index contributed by atoms with van der Waals surface area (Å²) in [5.41, 5.74) is 0. The molecule has 71 heavy (non-hydrogen) atoms. The first kappa shape index (κ1) is 61.2. The van der Waals surface area contributed by atoms with Crippen molar-refractivity contribution in [1.82, 2.24) is 9.44 Å². The molecule has 40 nitrogen and oxygen atoms in total. The largest absolute Gasteiger partial charge is 0.479 e. The van der Waals surface area contributed by atoms with Crippen molar-refractivity contribution < 1.29 is 173 Å². The SMILES string of the molecule is O=C(O)C1OC(O)C(OS(=O)(=O)O)C(O)C1OC1OC(COS(=O)(=O)O)C(OC2OC(C(=O)O)C(OC3CC(COS(=O)(=O)O)C(O)C(O)C3NS(=O)(=O)O)C(O)C2OS(=O)(=O)O)C(O)C1NS(=O)(=O)O. The topological polar surface area (TPSA) is 639 Å². The lowest BCUT2D eigenvalue weighted by Gasteiger charge is -2.49. The molecular formula is C25H42N2O38S6. The Labute approximate surface area is 397 Å². The minimum Gasteiger partial charge on any atom is -0.479 e. The van der Waals surface area contributed by atoms with Crippen LogP contribution >= 0.6 is 0 Å². The van der Waals surface area contributed by atoms with Gasteiger partial charge in [-0.2, -0.15) is 60.0 Å². The zero-order chi connectivity index (χ0) is 54.3. The molecule has 20 unspecified atom stereocenters. The Balaban J connectivity index is 1.80. The minimum absolute atomic E-state index is 1.02. The summed E-state index contributed by atoms with van der Waals surface area (Å²) in [7, 11) is -34.0. The summed E-state index contributed by atoms with van der Waals surface area (Å²) < 4.78 is 248. The predicted molar refractivity (Wildman–Crippen MR) is 205 cm³/mol. The Morgan fingerprint density at radius 1 is 0.479 bits per heavy atom. The third kappa shape index (κ3) is 17.4. The lowest BCUT2D eigenvalue weighted by atomic mass is 9.80. The number of carboxylic acids is 2. The zero-order valence-electron chi connectivity index (χ0n) is 34.2. The van der Waals surface area contributed by atoms with Crippen LogP contribution in [0.25, 0.3) is 0 Å². The van der Waals surface area contributed by atoms with Crippen LogP contribution in [0.2, 0.25) is 0 Å². The summed E-state index contributed by atoms with van der Waals surface area (Å²) in [6.45, 7) is -3.02. The standard InChI is InChI=1S/C25H42N2O38S6/c28-9-4(2-56-68(44,45)46)1-5(7(10(9)29)26-66(38,39)40)58-15-13(32)18(65-71(53,54)55)25(63-20(15)22(35)36)61-14-6(3-57-69(47,48)49)59-24(8(11(14)30)27-67(41,42)43)62-16-12(31)17(64-70(50,51)52)23(37)60-19(16)21(33)34/h4-20,23-32,37H,1-3H2,(H,33,34)(H,35,36)(H,38,39,40)(H,41,42,43)(H,44,45,46)(H,47,48,49)(H,50,51,52)(H,53,54,55). The van der Waals surface area contributed by atoms with Crippen molar-refractivity contribution in [2.45, 2.75) is 123 Å². The maximum absolute atomic E-state index is 12.7. The maximum Gasteiger partial charge on any atom is 0.397 e. The van der Waals surface area contributed by atoms with Gasteiger partial charge in [0.25, 0.3) is 0 Å². The van der Waals surface area contributed by atoms with E-state index in [0.717, 1.165) is 0 Å².